The highest BCUT2D eigenvalue weighted by Gasteiger charge is 2.24. The van der Waals surface area contributed by atoms with Gasteiger partial charge in [0.05, 0.1) is 18.2 Å². The average molecular weight is 303 g/mol. The van der Waals surface area contributed by atoms with Crippen molar-refractivity contribution in [2.75, 3.05) is 7.11 Å². The van der Waals surface area contributed by atoms with Crippen LogP contribution in [-0.2, 0) is 9.47 Å². The van der Waals surface area contributed by atoms with E-state index in [1.807, 2.05) is 0 Å². The van der Waals surface area contributed by atoms with Crippen LogP contribution in [0.2, 0.25) is 0 Å². The Kier molecular flexibility index (Phi) is 4.03. The molecule has 1 heterocycles. The van der Waals surface area contributed by atoms with Gasteiger partial charge in [-0.25, -0.2) is 9.59 Å². The van der Waals surface area contributed by atoms with Crippen LogP contribution in [0.15, 0.2) is 24.4 Å². The van der Waals surface area contributed by atoms with Gasteiger partial charge in [0.2, 0.25) is 0 Å². The number of hydrogen-bond donors (Lipinski definition) is 0. The molecule has 0 aliphatic heterocycles. The summed E-state index contributed by atoms with van der Waals surface area (Å²) in [7, 11) is 1.25. The molecule has 0 aliphatic rings. The summed E-state index contributed by atoms with van der Waals surface area (Å²) in [5, 5.41) is 0.490. The summed E-state index contributed by atoms with van der Waals surface area (Å²) in [5.41, 5.74) is 0.0890. The SMILES string of the molecule is COC(=O)c1cccc2c(C=O)cn(C(=O)OC(C)(C)C)c12. The number of para-hydroxylation sites is 1. The molecule has 1 aromatic heterocycles. The number of aromatic nitrogens is 1. The Morgan fingerprint density at radius 2 is 1.91 bits per heavy atom. The van der Waals surface area contributed by atoms with Gasteiger partial charge in [0.25, 0.3) is 0 Å². The van der Waals surface area contributed by atoms with Crippen LogP contribution in [0.25, 0.3) is 10.9 Å². The number of benzene rings is 1. The first-order chi connectivity index (χ1) is 10.3. The van der Waals surface area contributed by atoms with Gasteiger partial charge in [-0.05, 0) is 26.8 Å². The highest BCUT2D eigenvalue weighted by atomic mass is 16.6. The Bertz CT molecular complexity index is 752. The first-order valence-corrected chi connectivity index (χ1v) is 6.69. The molecule has 0 amide bonds. The van der Waals surface area contributed by atoms with E-state index in [4.69, 9.17) is 9.47 Å². The number of aldehydes is 1. The summed E-state index contributed by atoms with van der Waals surface area (Å²) >= 11 is 0. The van der Waals surface area contributed by atoms with Crippen molar-refractivity contribution in [1.29, 1.82) is 0 Å². The van der Waals surface area contributed by atoms with Gasteiger partial charge in [-0.3, -0.25) is 9.36 Å². The average Bonchev–Trinajstić information content (AvgIpc) is 2.83. The molecule has 6 heteroatoms. The van der Waals surface area contributed by atoms with E-state index in [0.29, 0.717) is 22.8 Å². The van der Waals surface area contributed by atoms with E-state index in [-0.39, 0.29) is 5.56 Å². The van der Waals surface area contributed by atoms with Gasteiger partial charge in [0.1, 0.15) is 5.60 Å². The third-order valence-corrected chi connectivity index (χ3v) is 2.98. The van der Waals surface area contributed by atoms with Crippen LogP contribution in [0, 0.1) is 0 Å². The Hall–Kier alpha value is -2.63. The topological polar surface area (TPSA) is 74.6 Å². The van der Waals surface area contributed by atoms with Crippen LogP contribution in [0.4, 0.5) is 4.79 Å². The molecular formula is C16H17NO5. The molecular weight excluding hydrogens is 286 g/mol. The van der Waals surface area contributed by atoms with E-state index in [0.717, 1.165) is 4.57 Å². The first kappa shape index (κ1) is 15.8. The molecule has 0 bridgehead atoms. The molecule has 0 fully saturated rings. The van der Waals surface area contributed by atoms with Crippen LogP contribution in [0.3, 0.4) is 0 Å². The fraction of sp³-hybridized carbons (Fsp3) is 0.312. The molecule has 116 valence electrons. The summed E-state index contributed by atoms with van der Waals surface area (Å²) in [6, 6.07) is 4.82. The number of hydrogen-bond acceptors (Lipinski definition) is 5. The van der Waals surface area contributed by atoms with Crippen molar-refractivity contribution in [3.63, 3.8) is 0 Å². The maximum absolute atomic E-state index is 12.3. The third-order valence-electron chi connectivity index (χ3n) is 2.98. The minimum atomic E-state index is -0.699. The highest BCUT2D eigenvalue weighted by Crippen LogP contribution is 2.25. The fourth-order valence-corrected chi connectivity index (χ4v) is 2.13. The monoisotopic (exact) mass is 303 g/mol. The fourth-order valence-electron chi connectivity index (χ4n) is 2.13. The Morgan fingerprint density at radius 3 is 2.45 bits per heavy atom. The Balaban J connectivity index is 2.70. The summed E-state index contributed by atoms with van der Waals surface area (Å²) in [5.74, 6) is -0.592. The van der Waals surface area contributed by atoms with Gasteiger partial charge in [-0.1, -0.05) is 12.1 Å². The lowest BCUT2D eigenvalue weighted by molar-refractivity contribution is 0.0544. The van der Waals surface area contributed by atoms with E-state index < -0.39 is 17.7 Å². The van der Waals surface area contributed by atoms with Gasteiger partial charge < -0.3 is 9.47 Å². The molecule has 0 saturated carbocycles. The number of methoxy groups -OCH3 is 1. The van der Waals surface area contributed by atoms with Crippen molar-refractivity contribution in [3.8, 4) is 0 Å². The number of rotatable bonds is 2. The lowest BCUT2D eigenvalue weighted by Crippen LogP contribution is -2.27. The second-order valence-corrected chi connectivity index (χ2v) is 5.75. The van der Waals surface area contributed by atoms with Crippen molar-refractivity contribution in [2.24, 2.45) is 0 Å². The second kappa shape index (κ2) is 5.63. The summed E-state index contributed by atoms with van der Waals surface area (Å²) in [4.78, 5) is 35.5. The molecule has 0 aliphatic carbocycles. The Morgan fingerprint density at radius 1 is 1.23 bits per heavy atom. The van der Waals surface area contributed by atoms with E-state index in [2.05, 4.69) is 0 Å². The minimum absolute atomic E-state index is 0.193. The van der Waals surface area contributed by atoms with Crippen LogP contribution in [0.1, 0.15) is 41.5 Å². The van der Waals surface area contributed by atoms with Crippen LogP contribution in [0.5, 0.6) is 0 Å². The van der Waals surface area contributed by atoms with Crippen LogP contribution < -0.4 is 0 Å². The van der Waals surface area contributed by atoms with E-state index in [9.17, 15) is 14.4 Å². The van der Waals surface area contributed by atoms with Crippen molar-refractivity contribution >= 4 is 29.3 Å². The van der Waals surface area contributed by atoms with Crippen LogP contribution >= 0.6 is 0 Å². The molecule has 6 nitrogen and oxygen atoms in total. The lowest BCUT2D eigenvalue weighted by Gasteiger charge is -2.20. The van der Waals surface area contributed by atoms with Gasteiger partial charge in [0, 0.05) is 17.1 Å². The van der Waals surface area contributed by atoms with Crippen molar-refractivity contribution in [3.05, 3.63) is 35.5 Å². The molecule has 0 unspecified atom stereocenters. The molecule has 0 saturated heterocycles. The lowest BCUT2D eigenvalue weighted by atomic mass is 10.1. The van der Waals surface area contributed by atoms with E-state index in [1.165, 1.54) is 19.4 Å². The standard InChI is InChI=1S/C16H17NO5/c1-16(2,3)22-15(20)17-8-10(9-18)11-6-5-7-12(13(11)17)14(19)21-4/h5-9H,1-4H3. The summed E-state index contributed by atoms with van der Waals surface area (Å²) in [6.07, 6.45) is 1.32. The normalized spacial score (nSPS) is 11.3. The summed E-state index contributed by atoms with van der Waals surface area (Å²) < 4.78 is 11.2. The Labute approximate surface area is 127 Å². The van der Waals surface area contributed by atoms with Gasteiger partial charge in [-0.15, -0.1) is 0 Å². The number of carbonyl (C=O) groups is 3. The molecule has 1 aromatic carbocycles. The zero-order valence-electron chi connectivity index (χ0n) is 12.9. The maximum atomic E-state index is 12.3. The van der Waals surface area contributed by atoms with Gasteiger partial charge in [-0.2, -0.15) is 0 Å². The van der Waals surface area contributed by atoms with Crippen molar-refractivity contribution in [2.45, 2.75) is 26.4 Å². The molecule has 22 heavy (non-hydrogen) atoms. The molecule has 0 spiro atoms. The molecule has 0 atom stereocenters. The largest absolute Gasteiger partial charge is 0.465 e. The molecule has 2 aromatic rings. The van der Waals surface area contributed by atoms with Gasteiger partial charge in [0.15, 0.2) is 6.29 Å². The maximum Gasteiger partial charge on any atom is 0.419 e. The smallest absolute Gasteiger partial charge is 0.419 e. The highest BCUT2D eigenvalue weighted by molar-refractivity contribution is 6.10. The number of ether oxygens (including phenoxy) is 2. The van der Waals surface area contributed by atoms with Crippen LogP contribution in [-0.4, -0.2) is 35.6 Å². The van der Waals surface area contributed by atoms with Gasteiger partial charge >= 0.3 is 12.1 Å². The number of esters is 1. The van der Waals surface area contributed by atoms with Crippen molar-refractivity contribution < 1.29 is 23.9 Å². The zero-order chi connectivity index (χ0) is 16.5. The van der Waals surface area contributed by atoms with E-state index >= 15 is 0 Å². The number of carbonyl (C=O) groups excluding carboxylic acids is 3. The quantitative estimate of drug-likeness (QED) is 0.629. The molecule has 0 N–H and O–H groups in total. The van der Waals surface area contributed by atoms with E-state index in [1.54, 1.807) is 32.9 Å². The number of fused-ring (bicyclic) bond motifs is 1. The molecule has 0 radical (unpaired) electrons. The van der Waals surface area contributed by atoms with Crippen molar-refractivity contribution in [1.82, 2.24) is 4.57 Å². The number of nitrogens with zero attached hydrogens (tertiary/aromatic N) is 1. The second-order valence-electron chi connectivity index (χ2n) is 5.75. The third kappa shape index (κ3) is 2.86. The zero-order valence-corrected chi connectivity index (χ0v) is 12.9. The predicted molar refractivity (Wildman–Crippen MR) is 80.3 cm³/mol. The first-order valence-electron chi connectivity index (χ1n) is 6.69. The minimum Gasteiger partial charge on any atom is -0.465 e. The predicted octanol–water partition coefficient (Wildman–Crippen LogP) is 3.02. The molecule has 2 rings (SSSR count). The summed E-state index contributed by atoms with van der Waals surface area (Å²) in [6.45, 7) is 5.20.